The van der Waals surface area contributed by atoms with E-state index in [1.165, 1.54) is 0 Å². The lowest BCUT2D eigenvalue weighted by Crippen LogP contribution is -2.56. The van der Waals surface area contributed by atoms with Gasteiger partial charge in [-0.25, -0.2) is 0 Å². The Morgan fingerprint density at radius 2 is 1.93 bits per heavy atom. The van der Waals surface area contributed by atoms with Crippen LogP contribution in [0, 0.1) is 11.8 Å². The minimum atomic E-state index is -0.509. The summed E-state index contributed by atoms with van der Waals surface area (Å²) in [6, 6.07) is 9.35. The fraction of sp³-hybridized carbons (Fsp3) is 0.619. The molecule has 2 aliphatic heterocycles. The molecule has 2 aliphatic rings. The highest BCUT2D eigenvalue weighted by molar-refractivity contribution is 7.59. The Hall–Kier alpha value is -0.860. The summed E-state index contributed by atoms with van der Waals surface area (Å²) in [7, 11) is 0. The van der Waals surface area contributed by atoms with E-state index in [1.54, 1.807) is 0 Å². The van der Waals surface area contributed by atoms with Gasteiger partial charge in [0.25, 0.3) is 0 Å². The van der Waals surface area contributed by atoms with Crippen molar-refractivity contribution in [2.24, 2.45) is 11.8 Å². The first-order valence-corrected chi connectivity index (χ1v) is 9.13. The molecule has 0 amide bonds. The second kappa shape index (κ2) is 12.6. The Balaban J connectivity index is 0.00000243. The fourth-order valence-electron chi connectivity index (χ4n) is 3.71. The predicted molar refractivity (Wildman–Crippen MR) is 122 cm³/mol. The van der Waals surface area contributed by atoms with Crippen LogP contribution >= 0.6 is 27.0 Å². The van der Waals surface area contributed by atoms with Crippen LogP contribution in [0.4, 0.5) is 0 Å². The average Bonchev–Trinajstić information content (AvgIpc) is 3.00. The lowest BCUT2D eigenvalue weighted by Gasteiger charge is -2.34. The summed E-state index contributed by atoms with van der Waals surface area (Å²) in [6.07, 6.45) is 0.789. The zero-order valence-electron chi connectivity index (χ0n) is 15.9. The summed E-state index contributed by atoms with van der Waals surface area (Å²) < 4.78 is 11.6. The number of carbonyl (C=O) groups is 2. The van der Waals surface area contributed by atoms with Crippen molar-refractivity contribution in [1.29, 1.82) is 0 Å². The summed E-state index contributed by atoms with van der Waals surface area (Å²) in [4.78, 5) is 25.3. The van der Waals surface area contributed by atoms with Gasteiger partial charge in [0, 0.05) is 0 Å². The Labute approximate surface area is 182 Å². The molecule has 2 saturated heterocycles. The van der Waals surface area contributed by atoms with Crippen LogP contribution in [0.2, 0.25) is 0 Å². The standard InChI is InChI=1S/C20H27NO4.CH4.2H2S/c1-13(2)10-17(24-11-14-6-4-3-5-7-14)20(23)19-18-15(22)12-25-16(18)8-9-21-19;;;/h3-7,13,16-19,21H,8-12H2,1-2H3;1H4;2*1H2/t16-,17+,18-,19?;;;/m1.../s1. The summed E-state index contributed by atoms with van der Waals surface area (Å²) in [5, 5.41) is 3.24. The van der Waals surface area contributed by atoms with E-state index in [2.05, 4.69) is 19.2 Å². The largest absolute Gasteiger partial charge is 0.370 e. The number of hydrogen-bond donors (Lipinski definition) is 1. The normalized spacial score (nSPS) is 24.4. The number of ether oxygens (including phenoxy) is 2. The summed E-state index contributed by atoms with van der Waals surface area (Å²) in [5.74, 6) is -0.0176. The molecule has 0 aromatic heterocycles. The second-order valence-electron chi connectivity index (χ2n) is 7.38. The van der Waals surface area contributed by atoms with Gasteiger partial charge >= 0.3 is 0 Å². The third-order valence-electron chi connectivity index (χ3n) is 4.97. The molecule has 1 unspecified atom stereocenters. The molecule has 7 heteroatoms. The van der Waals surface area contributed by atoms with E-state index in [1.807, 2.05) is 30.3 Å². The summed E-state index contributed by atoms with van der Waals surface area (Å²) in [6.45, 7) is 5.37. The van der Waals surface area contributed by atoms with Crippen molar-refractivity contribution in [1.82, 2.24) is 5.32 Å². The maximum absolute atomic E-state index is 13.1. The molecule has 0 spiro atoms. The zero-order chi connectivity index (χ0) is 17.8. The van der Waals surface area contributed by atoms with Crippen molar-refractivity contribution < 1.29 is 19.1 Å². The Morgan fingerprint density at radius 3 is 2.57 bits per heavy atom. The number of rotatable bonds is 7. The molecule has 160 valence electrons. The van der Waals surface area contributed by atoms with E-state index in [-0.39, 0.29) is 64.6 Å². The number of carbonyl (C=O) groups excluding carboxylic acids is 2. The molecule has 1 aromatic carbocycles. The number of fused-ring (bicyclic) bond motifs is 1. The Morgan fingerprint density at radius 1 is 1.25 bits per heavy atom. The van der Waals surface area contributed by atoms with Crippen molar-refractivity contribution >= 4 is 38.6 Å². The van der Waals surface area contributed by atoms with Crippen molar-refractivity contribution in [3.63, 3.8) is 0 Å². The van der Waals surface area contributed by atoms with Crippen molar-refractivity contribution in [2.45, 2.75) is 59.0 Å². The molecule has 1 aromatic rings. The molecule has 1 N–H and O–H groups in total. The molecule has 0 aliphatic carbocycles. The number of nitrogens with one attached hydrogen (secondary N) is 1. The van der Waals surface area contributed by atoms with Crippen LogP contribution in [0.3, 0.4) is 0 Å². The van der Waals surface area contributed by atoms with Gasteiger partial charge in [0.1, 0.15) is 12.7 Å². The Bertz CT molecular complexity index is 612. The highest BCUT2D eigenvalue weighted by Crippen LogP contribution is 2.29. The smallest absolute Gasteiger partial charge is 0.179 e. The predicted octanol–water partition coefficient (Wildman–Crippen LogP) is 2.99. The van der Waals surface area contributed by atoms with Crippen LogP contribution in [0.25, 0.3) is 0 Å². The zero-order valence-corrected chi connectivity index (χ0v) is 17.9. The molecular weight excluding hydrogens is 394 g/mol. The SMILES string of the molecule is C.CC(C)C[C@H](OCc1ccccc1)C(=O)C1NCC[C@H]2OCC(=O)[C@@H]12.S.S. The second-order valence-corrected chi connectivity index (χ2v) is 7.38. The third kappa shape index (κ3) is 6.59. The lowest BCUT2D eigenvalue weighted by atomic mass is 9.82. The van der Waals surface area contributed by atoms with E-state index < -0.39 is 12.1 Å². The van der Waals surface area contributed by atoms with Crippen LogP contribution in [-0.4, -0.2) is 43.0 Å². The number of hydrogen-bond acceptors (Lipinski definition) is 5. The molecule has 4 atom stereocenters. The molecule has 5 nitrogen and oxygen atoms in total. The highest BCUT2D eigenvalue weighted by Gasteiger charge is 2.47. The van der Waals surface area contributed by atoms with Gasteiger partial charge in [0.2, 0.25) is 0 Å². The van der Waals surface area contributed by atoms with Crippen LogP contribution in [0.15, 0.2) is 30.3 Å². The van der Waals surface area contributed by atoms with Gasteiger partial charge in [-0.05, 0) is 30.9 Å². The molecule has 0 radical (unpaired) electrons. The van der Waals surface area contributed by atoms with Crippen molar-refractivity contribution in [3.05, 3.63) is 35.9 Å². The van der Waals surface area contributed by atoms with Gasteiger partial charge in [-0.15, -0.1) is 0 Å². The molecular formula is C21H35NO4S2. The van der Waals surface area contributed by atoms with E-state index in [4.69, 9.17) is 9.47 Å². The first kappa shape index (κ1) is 27.1. The van der Waals surface area contributed by atoms with Gasteiger partial charge in [0.15, 0.2) is 11.6 Å². The number of Topliss-reactive ketones (excluding diaryl/α,β-unsaturated/α-hetero) is 2. The summed E-state index contributed by atoms with van der Waals surface area (Å²) >= 11 is 0. The number of ketones is 2. The first-order valence-electron chi connectivity index (χ1n) is 9.13. The maximum Gasteiger partial charge on any atom is 0.179 e. The topological polar surface area (TPSA) is 64.6 Å². The van der Waals surface area contributed by atoms with Gasteiger partial charge in [0.05, 0.1) is 24.7 Å². The molecule has 3 rings (SSSR count). The van der Waals surface area contributed by atoms with Crippen LogP contribution in [-0.2, 0) is 25.7 Å². The Kier molecular flexibility index (Phi) is 12.3. The minimum absolute atomic E-state index is 0. The molecule has 0 saturated carbocycles. The molecule has 0 bridgehead atoms. The van der Waals surface area contributed by atoms with Gasteiger partial charge in [-0.2, -0.15) is 27.0 Å². The number of piperidine rings is 1. The van der Waals surface area contributed by atoms with Crippen LogP contribution in [0.1, 0.15) is 39.7 Å². The summed E-state index contributed by atoms with van der Waals surface area (Å²) in [5.41, 5.74) is 1.04. The highest BCUT2D eigenvalue weighted by atomic mass is 32.1. The van der Waals surface area contributed by atoms with E-state index in [0.717, 1.165) is 12.0 Å². The monoisotopic (exact) mass is 429 g/mol. The lowest BCUT2D eigenvalue weighted by molar-refractivity contribution is -0.139. The number of benzene rings is 1. The maximum atomic E-state index is 13.1. The van der Waals surface area contributed by atoms with Gasteiger partial charge in [-0.1, -0.05) is 51.6 Å². The first-order chi connectivity index (χ1) is 12.1. The quantitative estimate of drug-likeness (QED) is 0.722. The van der Waals surface area contributed by atoms with Crippen LogP contribution in [0.5, 0.6) is 0 Å². The molecule has 2 heterocycles. The van der Waals surface area contributed by atoms with E-state index in [0.29, 0.717) is 25.5 Å². The van der Waals surface area contributed by atoms with E-state index in [9.17, 15) is 9.59 Å². The average molecular weight is 430 g/mol. The third-order valence-corrected chi connectivity index (χ3v) is 4.97. The van der Waals surface area contributed by atoms with E-state index >= 15 is 0 Å². The van der Waals surface area contributed by atoms with Crippen LogP contribution < -0.4 is 5.32 Å². The molecule has 28 heavy (non-hydrogen) atoms. The molecule has 2 fully saturated rings. The van der Waals surface area contributed by atoms with Gasteiger partial charge < -0.3 is 14.8 Å². The van der Waals surface area contributed by atoms with Gasteiger partial charge in [-0.3, -0.25) is 9.59 Å². The fourth-order valence-corrected chi connectivity index (χ4v) is 3.71. The van der Waals surface area contributed by atoms with Crippen molar-refractivity contribution in [2.75, 3.05) is 13.2 Å². The minimum Gasteiger partial charge on any atom is -0.370 e. The van der Waals surface area contributed by atoms with Crippen molar-refractivity contribution in [3.8, 4) is 0 Å².